The molecule has 1 aromatic heterocycles. The van der Waals surface area contributed by atoms with Gasteiger partial charge >= 0.3 is 5.97 Å². The first kappa shape index (κ1) is 21.2. The third-order valence-electron chi connectivity index (χ3n) is 5.00. The summed E-state index contributed by atoms with van der Waals surface area (Å²) in [5.74, 6) is 2.02. The number of ether oxygens (including phenoxy) is 4. The number of rotatable bonds is 7. The first-order valence-electron chi connectivity index (χ1n) is 9.88. The van der Waals surface area contributed by atoms with Gasteiger partial charge < -0.3 is 23.5 Å². The van der Waals surface area contributed by atoms with Gasteiger partial charge in [0.15, 0.2) is 17.2 Å². The highest BCUT2D eigenvalue weighted by atomic mass is 16.6. The molecule has 8 nitrogen and oxygen atoms in total. The van der Waals surface area contributed by atoms with E-state index in [1.165, 1.54) is 0 Å². The van der Waals surface area contributed by atoms with Crippen molar-refractivity contribution >= 4 is 17.9 Å². The first-order valence-corrected chi connectivity index (χ1v) is 9.88. The minimum absolute atomic E-state index is 0.178. The predicted molar refractivity (Wildman–Crippen MR) is 117 cm³/mol. The fourth-order valence-corrected chi connectivity index (χ4v) is 3.25. The van der Waals surface area contributed by atoms with Crippen molar-refractivity contribution in [2.45, 2.75) is 20.5 Å². The van der Waals surface area contributed by atoms with E-state index in [1.807, 2.05) is 32.0 Å². The third kappa shape index (κ3) is 4.20. The number of para-hydroxylation sites is 1. The summed E-state index contributed by atoms with van der Waals surface area (Å²) >= 11 is 0. The van der Waals surface area contributed by atoms with Crippen LogP contribution in [0.1, 0.15) is 28.1 Å². The van der Waals surface area contributed by atoms with Gasteiger partial charge in [0.1, 0.15) is 18.1 Å². The average molecular weight is 434 g/mol. The number of esters is 1. The number of nitrogens with zero attached hydrogens (tertiary/aromatic N) is 2. The Balaban J connectivity index is 1.57. The molecule has 0 aliphatic carbocycles. The number of carbonyl (C=O) groups is 1. The van der Waals surface area contributed by atoms with Crippen LogP contribution in [0, 0.1) is 13.8 Å². The number of aliphatic imine (C=N–C) groups is 1. The fraction of sp³-hybridized carbons (Fsp3) is 0.208. The van der Waals surface area contributed by atoms with Gasteiger partial charge in [0.2, 0.25) is 5.90 Å². The van der Waals surface area contributed by atoms with E-state index in [1.54, 1.807) is 44.6 Å². The Labute approximate surface area is 185 Å². The predicted octanol–water partition coefficient (Wildman–Crippen LogP) is 4.23. The monoisotopic (exact) mass is 434 g/mol. The Kier molecular flexibility index (Phi) is 5.93. The summed E-state index contributed by atoms with van der Waals surface area (Å²) in [7, 11) is 3.10. The van der Waals surface area contributed by atoms with Crippen molar-refractivity contribution < 1.29 is 28.3 Å². The maximum Gasteiger partial charge on any atom is 0.363 e. The van der Waals surface area contributed by atoms with Crippen molar-refractivity contribution in [1.82, 2.24) is 5.16 Å². The van der Waals surface area contributed by atoms with Gasteiger partial charge in [-0.1, -0.05) is 23.4 Å². The normalized spacial score (nSPS) is 14.3. The zero-order valence-electron chi connectivity index (χ0n) is 18.2. The lowest BCUT2D eigenvalue weighted by atomic mass is 10.1. The third-order valence-corrected chi connectivity index (χ3v) is 5.00. The molecular formula is C24H22N2O6. The maximum atomic E-state index is 12.4. The van der Waals surface area contributed by atoms with Crippen molar-refractivity contribution in [2.24, 2.45) is 4.99 Å². The molecule has 2 heterocycles. The molecule has 2 aromatic carbocycles. The highest BCUT2D eigenvalue weighted by molar-refractivity contribution is 6.13. The quantitative estimate of drug-likeness (QED) is 0.406. The number of aromatic nitrogens is 1. The number of cyclic esters (lactones) is 1. The zero-order valence-corrected chi connectivity index (χ0v) is 18.2. The summed E-state index contributed by atoms with van der Waals surface area (Å²) in [4.78, 5) is 16.7. The van der Waals surface area contributed by atoms with Crippen LogP contribution < -0.4 is 14.2 Å². The van der Waals surface area contributed by atoms with Crippen molar-refractivity contribution in [1.29, 1.82) is 0 Å². The second-order valence-electron chi connectivity index (χ2n) is 7.04. The van der Waals surface area contributed by atoms with Crippen LogP contribution in [-0.4, -0.2) is 31.2 Å². The van der Waals surface area contributed by atoms with Gasteiger partial charge in [0.25, 0.3) is 0 Å². The van der Waals surface area contributed by atoms with Gasteiger partial charge in [-0.15, -0.1) is 0 Å². The van der Waals surface area contributed by atoms with E-state index in [0.29, 0.717) is 40.7 Å². The molecule has 3 aromatic rings. The molecule has 8 heteroatoms. The summed E-state index contributed by atoms with van der Waals surface area (Å²) in [5, 5.41) is 3.93. The lowest BCUT2D eigenvalue weighted by Crippen LogP contribution is -2.06. The van der Waals surface area contributed by atoms with Gasteiger partial charge in [-0.25, -0.2) is 9.79 Å². The van der Waals surface area contributed by atoms with Gasteiger partial charge in [0, 0.05) is 0 Å². The van der Waals surface area contributed by atoms with Crippen molar-refractivity contribution in [3.8, 4) is 17.2 Å². The van der Waals surface area contributed by atoms with Crippen LogP contribution in [0.4, 0.5) is 0 Å². The number of methoxy groups -OCH3 is 2. The summed E-state index contributed by atoms with van der Waals surface area (Å²) in [6, 6.07) is 12.6. The highest BCUT2D eigenvalue weighted by Gasteiger charge is 2.26. The average Bonchev–Trinajstić information content (AvgIpc) is 3.33. The number of aryl methyl sites for hydroxylation is 2. The van der Waals surface area contributed by atoms with Crippen LogP contribution >= 0.6 is 0 Å². The van der Waals surface area contributed by atoms with Gasteiger partial charge in [-0.2, -0.15) is 0 Å². The minimum atomic E-state index is -0.538. The minimum Gasteiger partial charge on any atom is -0.496 e. The highest BCUT2D eigenvalue weighted by Crippen LogP contribution is 2.31. The van der Waals surface area contributed by atoms with E-state index in [2.05, 4.69) is 10.1 Å². The summed E-state index contributed by atoms with van der Waals surface area (Å²) in [6.07, 6.45) is 1.63. The molecule has 0 unspecified atom stereocenters. The Morgan fingerprint density at radius 1 is 1.00 bits per heavy atom. The molecule has 0 spiro atoms. The molecule has 1 aliphatic rings. The Morgan fingerprint density at radius 3 is 2.50 bits per heavy atom. The van der Waals surface area contributed by atoms with Crippen molar-refractivity contribution in [2.75, 3.05) is 14.2 Å². The molecule has 0 N–H and O–H groups in total. The van der Waals surface area contributed by atoms with Crippen LogP contribution in [0.3, 0.4) is 0 Å². The van der Waals surface area contributed by atoms with E-state index in [9.17, 15) is 4.79 Å². The fourth-order valence-electron chi connectivity index (χ4n) is 3.25. The molecule has 0 bridgehead atoms. The number of benzene rings is 2. The van der Waals surface area contributed by atoms with Crippen LogP contribution in [0.15, 0.2) is 57.7 Å². The SMILES string of the molecule is COc1cc(/C=C2/N=C(c3ccccc3OC)OC2=O)ccc1OCc1c(C)noc1C. The standard InChI is InChI=1S/C24H22N2O6/c1-14-18(15(2)32-26-14)13-30-21-10-9-16(12-22(21)29-4)11-19-24(27)31-23(25-19)17-7-5-6-8-20(17)28-3/h5-12H,13H2,1-4H3/b19-11+. The van der Waals surface area contributed by atoms with Crippen LogP contribution in [-0.2, 0) is 16.1 Å². The van der Waals surface area contributed by atoms with Crippen LogP contribution in [0.5, 0.6) is 17.2 Å². The van der Waals surface area contributed by atoms with E-state index >= 15 is 0 Å². The number of hydrogen-bond donors (Lipinski definition) is 0. The Bertz CT molecular complexity index is 1210. The topological polar surface area (TPSA) is 92.4 Å². The van der Waals surface area contributed by atoms with E-state index in [0.717, 1.165) is 11.3 Å². The molecule has 0 saturated heterocycles. The van der Waals surface area contributed by atoms with E-state index in [4.69, 9.17) is 23.5 Å². The number of carbonyl (C=O) groups excluding carboxylic acids is 1. The van der Waals surface area contributed by atoms with Gasteiger partial charge in [0.05, 0.1) is 31.0 Å². The van der Waals surface area contributed by atoms with Crippen molar-refractivity contribution in [3.63, 3.8) is 0 Å². The lowest BCUT2D eigenvalue weighted by Gasteiger charge is -2.11. The van der Waals surface area contributed by atoms with E-state index in [-0.39, 0.29) is 11.6 Å². The molecule has 164 valence electrons. The summed E-state index contributed by atoms with van der Waals surface area (Å²) in [6.45, 7) is 4.00. The molecule has 0 radical (unpaired) electrons. The smallest absolute Gasteiger partial charge is 0.363 e. The Morgan fingerprint density at radius 2 is 1.78 bits per heavy atom. The largest absolute Gasteiger partial charge is 0.496 e. The summed E-state index contributed by atoms with van der Waals surface area (Å²) < 4.78 is 27.2. The number of hydrogen-bond acceptors (Lipinski definition) is 8. The molecule has 32 heavy (non-hydrogen) atoms. The lowest BCUT2D eigenvalue weighted by molar-refractivity contribution is -0.129. The molecule has 0 amide bonds. The maximum absolute atomic E-state index is 12.4. The second kappa shape index (κ2) is 8.97. The molecule has 0 saturated carbocycles. The second-order valence-corrected chi connectivity index (χ2v) is 7.04. The Hall–Kier alpha value is -4.07. The first-order chi connectivity index (χ1) is 15.5. The van der Waals surface area contributed by atoms with E-state index < -0.39 is 5.97 Å². The molecule has 0 atom stereocenters. The van der Waals surface area contributed by atoms with Gasteiger partial charge in [-0.3, -0.25) is 0 Å². The zero-order chi connectivity index (χ0) is 22.7. The summed E-state index contributed by atoms with van der Waals surface area (Å²) in [5.41, 5.74) is 3.17. The molecule has 1 aliphatic heterocycles. The van der Waals surface area contributed by atoms with Gasteiger partial charge in [-0.05, 0) is 49.8 Å². The molecule has 0 fully saturated rings. The van der Waals surface area contributed by atoms with Crippen LogP contribution in [0.2, 0.25) is 0 Å². The molecule has 4 rings (SSSR count). The molecular weight excluding hydrogens is 412 g/mol. The van der Waals surface area contributed by atoms with Crippen LogP contribution in [0.25, 0.3) is 6.08 Å². The van der Waals surface area contributed by atoms with Crippen molar-refractivity contribution in [3.05, 3.63) is 76.3 Å².